The Morgan fingerprint density at radius 3 is 2.37 bits per heavy atom. The van der Waals surface area contributed by atoms with Gasteiger partial charge in [0.05, 0.1) is 17.1 Å². The van der Waals surface area contributed by atoms with E-state index < -0.39 is 0 Å². The number of halogens is 2. The van der Waals surface area contributed by atoms with Crippen LogP contribution in [0.25, 0.3) is 22.6 Å². The lowest BCUT2D eigenvalue weighted by Gasteiger charge is -2.26. The second-order valence-corrected chi connectivity index (χ2v) is 10.2. The maximum Gasteiger partial charge on any atom is 0.223 e. The first-order chi connectivity index (χ1) is 17.1. The van der Waals surface area contributed by atoms with Gasteiger partial charge in [-0.3, -0.25) is 0 Å². The molecule has 1 saturated carbocycles. The smallest absolute Gasteiger partial charge is 0.223 e. The third-order valence-electron chi connectivity index (χ3n) is 6.76. The molecule has 1 fully saturated rings. The zero-order valence-electron chi connectivity index (χ0n) is 19.1. The van der Waals surface area contributed by atoms with Gasteiger partial charge >= 0.3 is 0 Å². The van der Waals surface area contributed by atoms with Crippen molar-refractivity contribution in [2.75, 3.05) is 11.1 Å². The topological polar surface area (TPSA) is 55.6 Å². The van der Waals surface area contributed by atoms with Gasteiger partial charge in [-0.15, -0.1) is 11.8 Å². The number of benzene rings is 2. The van der Waals surface area contributed by atoms with Crippen molar-refractivity contribution in [1.29, 1.82) is 0 Å². The number of aryl methyl sites for hydroxylation is 1. The van der Waals surface area contributed by atoms with Crippen LogP contribution in [0, 0.1) is 11.6 Å². The molecule has 0 bridgehead atoms. The Hall–Kier alpha value is -3.26. The van der Waals surface area contributed by atoms with Crippen LogP contribution >= 0.6 is 11.8 Å². The molecule has 0 unspecified atom stereocenters. The first-order valence-corrected chi connectivity index (χ1v) is 13.0. The van der Waals surface area contributed by atoms with Crippen LogP contribution in [0.15, 0.2) is 65.7 Å². The van der Waals surface area contributed by atoms with Gasteiger partial charge in [0, 0.05) is 40.9 Å². The number of anilines is 1. The van der Waals surface area contributed by atoms with Crippen molar-refractivity contribution >= 4 is 17.7 Å². The zero-order valence-corrected chi connectivity index (χ0v) is 19.9. The first kappa shape index (κ1) is 22.2. The standard InChI is InChI=1S/C27H25F2N5S/c28-18-6-4-17(5-7-18)25-26(23-14-15-30-27(32-23)31-20-2-1-3-20)34-21(10-13-24(34)33-25)16-35-22-11-8-19(29)9-12-22/h4-9,11-12,14-15,20-21H,1-3,10,13,16H2,(H,30,31,32)/t21-/m0/s1. The van der Waals surface area contributed by atoms with Crippen LogP contribution in [0.1, 0.15) is 37.5 Å². The molecule has 35 heavy (non-hydrogen) atoms. The van der Waals surface area contributed by atoms with Crippen LogP contribution in [0.2, 0.25) is 0 Å². The number of rotatable bonds is 7. The van der Waals surface area contributed by atoms with Gasteiger partial charge in [-0.2, -0.15) is 0 Å². The van der Waals surface area contributed by atoms with E-state index in [1.165, 1.54) is 30.7 Å². The molecule has 8 heteroatoms. The van der Waals surface area contributed by atoms with Crippen LogP contribution in [0.3, 0.4) is 0 Å². The lowest BCUT2D eigenvalue weighted by molar-refractivity contribution is 0.443. The SMILES string of the molecule is Fc1ccc(SC[C@@H]2CCc3nc(-c4ccc(F)cc4)c(-c4ccnc(NC5CCC5)n4)n32)cc1. The monoisotopic (exact) mass is 489 g/mol. The average molecular weight is 490 g/mol. The number of hydrogen-bond acceptors (Lipinski definition) is 5. The number of aromatic nitrogens is 4. The molecule has 6 rings (SSSR count). The van der Waals surface area contributed by atoms with Crippen LogP contribution in [0.4, 0.5) is 14.7 Å². The molecule has 0 spiro atoms. The van der Waals surface area contributed by atoms with Crippen molar-refractivity contribution in [3.05, 3.63) is 78.3 Å². The van der Waals surface area contributed by atoms with E-state index in [0.717, 1.165) is 64.8 Å². The van der Waals surface area contributed by atoms with Crippen LogP contribution in [-0.2, 0) is 6.42 Å². The van der Waals surface area contributed by atoms with Gasteiger partial charge in [0.15, 0.2) is 0 Å². The summed E-state index contributed by atoms with van der Waals surface area (Å²) < 4.78 is 29.3. The lowest BCUT2D eigenvalue weighted by Crippen LogP contribution is -2.28. The molecule has 2 aliphatic rings. The maximum atomic E-state index is 13.7. The summed E-state index contributed by atoms with van der Waals surface area (Å²) in [6.07, 6.45) is 7.13. The molecule has 1 aliphatic carbocycles. The van der Waals surface area contributed by atoms with Gasteiger partial charge in [-0.1, -0.05) is 0 Å². The second-order valence-electron chi connectivity index (χ2n) is 9.10. The highest BCUT2D eigenvalue weighted by atomic mass is 32.2. The predicted octanol–water partition coefficient (Wildman–Crippen LogP) is 6.53. The molecule has 178 valence electrons. The van der Waals surface area contributed by atoms with Gasteiger partial charge in [0.1, 0.15) is 17.5 Å². The quantitative estimate of drug-likeness (QED) is 0.299. The minimum Gasteiger partial charge on any atom is -0.351 e. The molecule has 5 nitrogen and oxygen atoms in total. The number of thioether (sulfide) groups is 1. The van der Waals surface area contributed by atoms with Crippen molar-refractivity contribution in [2.45, 2.75) is 49.1 Å². The minimum atomic E-state index is -0.273. The molecule has 1 N–H and O–H groups in total. The Labute approximate surface area is 207 Å². The Balaban J connectivity index is 1.38. The summed E-state index contributed by atoms with van der Waals surface area (Å²) in [6.45, 7) is 0. The first-order valence-electron chi connectivity index (χ1n) is 12.0. The number of nitrogens with one attached hydrogen (secondary N) is 1. The van der Waals surface area contributed by atoms with Crippen LogP contribution < -0.4 is 5.32 Å². The van der Waals surface area contributed by atoms with E-state index in [-0.39, 0.29) is 17.7 Å². The fraction of sp³-hybridized carbons (Fsp3) is 0.296. The third-order valence-corrected chi connectivity index (χ3v) is 7.92. The Bertz CT molecular complexity index is 1330. The Kier molecular flexibility index (Phi) is 5.98. The highest BCUT2D eigenvalue weighted by Gasteiger charge is 2.31. The molecule has 3 heterocycles. The summed E-state index contributed by atoms with van der Waals surface area (Å²) in [6, 6.07) is 15.7. The zero-order chi connectivity index (χ0) is 23.8. The van der Waals surface area contributed by atoms with E-state index in [2.05, 4.69) is 14.9 Å². The fourth-order valence-electron chi connectivity index (χ4n) is 4.70. The highest BCUT2D eigenvalue weighted by molar-refractivity contribution is 7.99. The largest absolute Gasteiger partial charge is 0.351 e. The molecule has 1 atom stereocenters. The van der Waals surface area contributed by atoms with Crippen LogP contribution in [0.5, 0.6) is 0 Å². The van der Waals surface area contributed by atoms with E-state index in [0.29, 0.717) is 12.0 Å². The highest BCUT2D eigenvalue weighted by Crippen LogP contribution is 2.41. The Morgan fingerprint density at radius 2 is 1.66 bits per heavy atom. The summed E-state index contributed by atoms with van der Waals surface area (Å²) in [7, 11) is 0. The Morgan fingerprint density at radius 1 is 0.914 bits per heavy atom. The van der Waals surface area contributed by atoms with Crippen molar-refractivity contribution < 1.29 is 8.78 Å². The van der Waals surface area contributed by atoms with E-state index in [1.807, 2.05) is 18.2 Å². The summed E-state index contributed by atoms with van der Waals surface area (Å²) in [5.41, 5.74) is 3.41. The van der Waals surface area contributed by atoms with E-state index in [4.69, 9.17) is 9.97 Å². The molecule has 0 amide bonds. The van der Waals surface area contributed by atoms with E-state index in [9.17, 15) is 8.78 Å². The molecule has 4 aromatic rings. The molecular weight excluding hydrogens is 464 g/mol. The summed E-state index contributed by atoms with van der Waals surface area (Å²) in [4.78, 5) is 15.4. The average Bonchev–Trinajstić information content (AvgIpc) is 3.41. The molecule has 0 radical (unpaired) electrons. The van der Waals surface area contributed by atoms with Crippen molar-refractivity contribution in [3.8, 4) is 22.6 Å². The molecule has 1 aliphatic heterocycles. The van der Waals surface area contributed by atoms with Gasteiger partial charge in [0.2, 0.25) is 5.95 Å². The normalized spacial score (nSPS) is 17.3. The number of fused-ring (bicyclic) bond motifs is 1. The summed E-state index contributed by atoms with van der Waals surface area (Å²) >= 11 is 1.71. The predicted molar refractivity (Wildman–Crippen MR) is 134 cm³/mol. The van der Waals surface area contributed by atoms with Crippen molar-refractivity contribution in [1.82, 2.24) is 19.5 Å². The van der Waals surface area contributed by atoms with E-state index in [1.54, 1.807) is 30.1 Å². The third kappa shape index (κ3) is 4.55. The minimum absolute atomic E-state index is 0.217. The molecule has 2 aromatic carbocycles. The molecule has 0 saturated heterocycles. The number of hydrogen-bond donors (Lipinski definition) is 1. The van der Waals surface area contributed by atoms with Gasteiger partial charge in [-0.05, 0) is 80.3 Å². The summed E-state index contributed by atoms with van der Waals surface area (Å²) in [5, 5.41) is 3.44. The lowest BCUT2D eigenvalue weighted by atomic mass is 9.93. The molecule has 2 aromatic heterocycles. The van der Waals surface area contributed by atoms with Gasteiger partial charge in [-0.25, -0.2) is 23.7 Å². The number of imidazole rings is 1. The van der Waals surface area contributed by atoms with Gasteiger partial charge < -0.3 is 9.88 Å². The summed E-state index contributed by atoms with van der Waals surface area (Å²) in [5.74, 6) is 1.97. The van der Waals surface area contributed by atoms with E-state index >= 15 is 0 Å². The van der Waals surface area contributed by atoms with Gasteiger partial charge in [0.25, 0.3) is 0 Å². The van der Waals surface area contributed by atoms with Crippen molar-refractivity contribution in [2.24, 2.45) is 0 Å². The van der Waals surface area contributed by atoms with Crippen LogP contribution in [-0.4, -0.2) is 31.3 Å². The maximum absolute atomic E-state index is 13.7. The van der Waals surface area contributed by atoms with Crippen molar-refractivity contribution in [3.63, 3.8) is 0 Å². The number of nitrogens with zero attached hydrogens (tertiary/aromatic N) is 4. The fourth-order valence-corrected chi connectivity index (χ4v) is 5.73. The second kappa shape index (κ2) is 9.41. The molecular formula is C27H25F2N5S.